The molecular weight excluding hydrogens is 208 g/mol. The Morgan fingerprint density at radius 2 is 2.40 bits per heavy atom. The van der Waals surface area contributed by atoms with Gasteiger partial charge in [-0.3, -0.25) is 0 Å². The van der Waals surface area contributed by atoms with Crippen LogP contribution in [0.5, 0.6) is 0 Å². The highest BCUT2D eigenvalue weighted by atomic mass is 32.1. The van der Waals surface area contributed by atoms with Gasteiger partial charge in [-0.1, -0.05) is 0 Å². The molecule has 15 heavy (non-hydrogen) atoms. The van der Waals surface area contributed by atoms with Crippen LogP contribution in [0.4, 0.5) is 0 Å². The standard InChI is InChI=1S/C11H14N2OS/c1-8(14)11-4-3-5-13(11)6-10-7-15-9(2)12-10/h3-5,7-8,14H,6H2,1-2H3. The van der Waals surface area contributed by atoms with Crippen molar-refractivity contribution in [2.45, 2.75) is 26.5 Å². The molecule has 0 aliphatic rings. The van der Waals surface area contributed by atoms with Crippen molar-refractivity contribution in [1.29, 1.82) is 0 Å². The molecule has 1 atom stereocenters. The molecule has 0 saturated heterocycles. The summed E-state index contributed by atoms with van der Waals surface area (Å²) in [7, 11) is 0. The van der Waals surface area contributed by atoms with E-state index in [1.807, 2.05) is 29.8 Å². The first-order valence-electron chi connectivity index (χ1n) is 4.91. The van der Waals surface area contributed by atoms with E-state index in [9.17, 15) is 5.11 Å². The summed E-state index contributed by atoms with van der Waals surface area (Å²) in [5.74, 6) is 0. The molecule has 0 aliphatic carbocycles. The third-order valence-electron chi connectivity index (χ3n) is 2.29. The summed E-state index contributed by atoms with van der Waals surface area (Å²) < 4.78 is 2.03. The number of hydrogen-bond donors (Lipinski definition) is 1. The highest BCUT2D eigenvalue weighted by molar-refractivity contribution is 7.09. The van der Waals surface area contributed by atoms with E-state index in [-0.39, 0.29) is 0 Å². The lowest BCUT2D eigenvalue weighted by Gasteiger charge is -2.09. The molecule has 0 bridgehead atoms. The van der Waals surface area contributed by atoms with Crippen LogP contribution in [0.1, 0.15) is 29.4 Å². The Balaban J connectivity index is 2.20. The summed E-state index contributed by atoms with van der Waals surface area (Å²) >= 11 is 1.65. The van der Waals surface area contributed by atoms with Crippen molar-refractivity contribution in [3.8, 4) is 0 Å². The SMILES string of the molecule is Cc1nc(Cn2cccc2C(C)O)cs1. The number of rotatable bonds is 3. The van der Waals surface area contributed by atoms with Gasteiger partial charge in [0.1, 0.15) is 0 Å². The van der Waals surface area contributed by atoms with Gasteiger partial charge in [-0.25, -0.2) is 4.98 Å². The maximum atomic E-state index is 9.54. The Labute approximate surface area is 93.0 Å². The Morgan fingerprint density at radius 1 is 1.60 bits per heavy atom. The molecule has 2 aromatic heterocycles. The zero-order valence-corrected chi connectivity index (χ0v) is 9.66. The van der Waals surface area contributed by atoms with Crippen molar-refractivity contribution in [2.75, 3.05) is 0 Å². The Morgan fingerprint density at radius 3 is 3.00 bits per heavy atom. The molecule has 4 heteroatoms. The van der Waals surface area contributed by atoms with E-state index < -0.39 is 6.10 Å². The van der Waals surface area contributed by atoms with Crippen molar-refractivity contribution in [3.05, 3.63) is 40.1 Å². The smallest absolute Gasteiger partial charge is 0.0911 e. The third-order valence-corrected chi connectivity index (χ3v) is 3.11. The van der Waals surface area contributed by atoms with Crippen molar-refractivity contribution in [2.24, 2.45) is 0 Å². The molecular formula is C11H14N2OS. The van der Waals surface area contributed by atoms with E-state index in [1.54, 1.807) is 18.3 Å². The van der Waals surface area contributed by atoms with Crippen LogP contribution in [0.15, 0.2) is 23.7 Å². The highest BCUT2D eigenvalue weighted by Crippen LogP contribution is 2.16. The van der Waals surface area contributed by atoms with Gasteiger partial charge in [-0.2, -0.15) is 0 Å². The van der Waals surface area contributed by atoms with Crippen LogP contribution in [0.3, 0.4) is 0 Å². The molecule has 2 aromatic rings. The van der Waals surface area contributed by atoms with Gasteiger partial charge in [-0.15, -0.1) is 11.3 Å². The summed E-state index contributed by atoms with van der Waals surface area (Å²) in [6.07, 6.45) is 1.54. The zero-order valence-electron chi connectivity index (χ0n) is 8.84. The summed E-state index contributed by atoms with van der Waals surface area (Å²) in [6, 6.07) is 3.88. The van der Waals surface area contributed by atoms with Gasteiger partial charge in [0.25, 0.3) is 0 Å². The number of aliphatic hydroxyl groups is 1. The second-order valence-electron chi connectivity index (χ2n) is 3.59. The van der Waals surface area contributed by atoms with Crippen LogP contribution in [0.2, 0.25) is 0 Å². The molecule has 0 amide bonds. The van der Waals surface area contributed by atoms with Crippen molar-refractivity contribution >= 4 is 11.3 Å². The van der Waals surface area contributed by atoms with E-state index >= 15 is 0 Å². The normalized spacial score (nSPS) is 13.0. The fourth-order valence-electron chi connectivity index (χ4n) is 1.61. The number of hydrogen-bond acceptors (Lipinski definition) is 3. The highest BCUT2D eigenvalue weighted by Gasteiger charge is 2.07. The molecule has 1 unspecified atom stereocenters. The van der Waals surface area contributed by atoms with E-state index in [2.05, 4.69) is 10.4 Å². The van der Waals surface area contributed by atoms with Crippen LogP contribution in [0, 0.1) is 6.92 Å². The van der Waals surface area contributed by atoms with Crippen LogP contribution >= 0.6 is 11.3 Å². The van der Waals surface area contributed by atoms with Gasteiger partial charge in [0.15, 0.2) is 0 Å². The predicted octanol–water partition coefficient (Wildman–Crippen LogP) is 2.35. The topological polar surface area (TPSA) is 38.0 Å². The maximum absolute atomic E-state index is 9.54. The van der Waals surface area contributed by atoms with Crippen LogP contribution in [-0.4, -0.2) is 14.7 Å². The first kappa shape index (κ1) is 10.4. The molecule has 0 aromatic carbocycles. The van der Waals surface area contributed by atoms with Crippen LogP contribution in [0.25, 0.3) is 0 Å². The van der Waals surface area contributed by atoms with Gasteiger partial charge in [0, 0.05) is 17.3 Å². The molecule has 2 heterocycles. The molecule has 0 aliphatic heterocycles. The minimum Gasteiger partial charge on any atom is -0.387 e. The summed E-state index contributed by atoms with van der Waals surface area (Å²) in [5, 5.41) is 12.7. The molecule has 1 N–H and O–H groups in total. The van der Waals surface area contributed by atoms with E-state index in [0.29, 0.717) is 0 Å². The van der Waals surface area contributed by atoms with Crippen molar-refractivity contribution in [3.63, 3.8) is 0 Å². The first-order valence-corrected chi connectivity index (χ1v) is 5.79. The lowest BCUT2D eigenvalue weighted by molar-refractivity contribution is 0.189. The third kappa shape index (κ3) is 2.27. The van der Waals surface area contributed by atoms with E-state index in [1.165, 1.54) is 0 Å². The summed E-state index contributed by atoms with van der Waals surface area (Å²) in [4.78, 5) is 4.40. The number of thiazole rings is 1. The van der Waals surface area contributed by atoms with Gasteiger partial charge in [0.2, 0.25) is 0 Å². The number of aryl methyl sites for hydroxylation is 1. The summed E-state index contributed by atoms with van der Waals surface area (Å²) in [5.41, 5.74) is 1.98. The van der Waals surface area contributed by atoms with Gasteiger partial charge >= 0.3 is 0 Å². The number of nitrogens with zero attached hydrogens (tertiary/aromatic N) is 2. The average molecular weight is 222 g/mol. The molecule has 80 valence electrons. The lowest BCUT2D eigenvalue weighted by atomic mass is 10.3. The Kier molecular flexibility index (Phi) is 2.88. The van der Waals surface area contributed by atoms with Crippen molar-refractivity contribution < 1.29 is 5.11 Å². The first-order chi connectivity index (χ1) is 7.16. The quantitative estimate of drug-likeness (QED) is 0.865. The van der Waals surface area contributed by atoms with Gasteiger partial charge in [0.05, 0.1) is 23.4 Å². The monoisotopic (exact) mass is 222 g/mol. The van der Waals surface area contributed by atoms with Crippen molar-refractivity contribution in [1.82, 2.24) is 9.55 Å². The van der Waals surface area contributed by atoms with E-state index in [4.69, 9.17) is 0 Å². The van der Waals surface area contributed by atoms with E-state index in [0.717, 1.165) is 22.9 Å². The largest absolute Gasteiger partial charge is 0.387 e. The maximum Gasteiger partial charge on any atom is 0.0911 e. The minimum absolute atomic E-state index is 0.431. The Hall–Kier alpha value is -1.13. The second-order valence-corrected chi connectivity index (χ2v) is 4.66. The van der Waals surface area contributed by atoms with Crippen LogP contribution < -0.4 is 0 Å². The number of aliphatic hydroxyl groups excluding tert-OH is 1. The zero-order chi connectivity index (χ0) is 10.8. The van der Waals surface area contributed by atoms with Crippen LogP contribution in [-0.2, 0) is 6.54 Å². The second kappa shape index (κ2) is 4.16. The predicted molar refractivity (Wildman–Crippen MR) is 61.0 cm³/mol. The average Bonchev–Trinajstić information content (AvgIpc) is 2.75. The summed E-state index contributed by atoms with van der Waals surface area (Å²) in [6.45, 7) is 4.51. The Bertz CT molecular complexity index is 445. The lowest BCUT2D eigenvalue weighted by Crippen LogP contribution is -2.05. The molecule has 0 radical (unpaired) electrons. The minimum atomic E-state index is -0.431. The van der Waals surface area contributed by atoms with Gasteiger partial charge < -0.3 is 9.67 Å². The molecule has 3 nitrogen and oxygen atoms in total. The molecule has 0 spiro atoms. The molecule has 2 rings (SSSR count). The van der Waals surface area contributed by atoms with Gasteiger partial charge in [-0.05, 0) is 26.0 Å². The fourth-order valence-corrected chi connectivity index (χ4v) is 2.21. The molecule has 0 fully saturated rings. The fraction of sp³-hybridized carbons (Fsp3) is 0.364. The molecule has 0 saturated carbocycles. The number of aromatic nitrogens is 2.